The molecule has 0 N–H and O–H groups in total. The van der Waals surface area contributed by atoms with Gasteiger partial charge in [-0.1, -0.05) is 22.5 Å². The summed E-state index contributed by atoms with van der Waals surface area (Å²) >= 11 is 7.29. The van der Waals surface area contributed by atoms with Gasteiger partial charge in [0.2, 0.25) is 0 Å². The van der Waals surface area contributed by atoms with Crippen LogP contribution < -0.4 is 4.74 Å². The van der Waals surface area contributed by atoms with E-state index in [2.05, 4.69) is 14.5 Å². The highest BCUT2D eigenvalue weighted by Gasteiger charge is 2.15. The van der Waals surface area contributed by atoms with Crippen LogP contribution in [0, 0.1) is 0 Å². The summed E-state index contributed by atoms with van der Waals surface area (Å²) in [6.45, 7) is 3.72. The van der Waals surface area contributed by atoms with Gasteiger partial charge in [-0.2, -0.15) is 0 Å². The molecule has 0 amide bonds. The minimum atomic E-state index is 0.516. The minimum absolute atomic E-state index is 0.516. The molecule has 2 heterocycles. The average molecular weight is 324 g/mol. The van der Waals surface area contributed by atoms with Crippen LogP contribution in [0.5, 0.6) is 5.75 Å². The van der Waals surface area contributed by atoms with Crippen molar-refractivity contribution >= 4 is 23.1 Å². The predicted molar refractivity (Wildman–Crippen MR) is 84.8 cm³/mol. The van der Waals surface area contributed by atoms with Crippen LogP contribution in [0.25, 0.3) is 0 Å². The van der Waals surface area contributed by atoms with Gasteiger partial charge in [0, 0.05) is 11.6 Å². The molecule has 0 unspecified atom stereocenters. The van der Waals surface area contributed by atoms with Gasteiger partial charge in [0.15, 0.2) is 0 Å². The van der Waals surface area contributed by atoms with Crippen LogP contribution in [0.4, 0.5) is 0 Å². The van der Waals surface area contributed by atoms with Crippen molar-refractivity contribution in [3.63, 3.8) is 0 Å². The lowest BCUT2D eigenvalue weighted by Gasteiger charge is -2.25. The fraction of sp³-hybridized carbons (Fsp3) is 0.467. The monoisotopic (exact) mass is 323 g/mol. The Morgan fingerprint density at radius 1 is 1.14 bits per heavy atom. The van der Waals surface area contributed by atoms with Crippen molar-refractivity contribution in [2.24, 2.45) is 0 Å². The second-order valence-corrected chi connectivity index (χ2v) is 6.50. The highest BCUT2D eigenvalue weighted by atomic mass is 35.5. The molecular weight excluding hydrogens is 306 g/mol. The van der Waals surface area contributed by atoms with Gasteiger partial charge in [-0.15, -0.1) is 5.10 Å². The Morgan fingerprint density at radius 3 is 2.67 bits per heavy atom. The molecule has 1 fully saturated rings. The van der Waals surface area contributed by atoms with Crippen LogP contribution in [0.3, 0.4) is 0 Å². The molecule has 0 aliphatic carbocycles. The van der Waals surface area contributed by atoms with E-state index >= 15 is 0 Å². The maximum Gasteiger partial charge on any atom is 0.126 e. The summed E-state index contributed by atoms with van der Waals surface area (Å²) in [6, 6.07) is 7.41. The summed E-state index contributed by atoms with van der Waals surface area (Å²) in [5.41, 5.74) is 1.05. The lowest BCUT2D eigenvalue weighted by atomic mass is 10.1. The third kappa shape index (κ3) is 4.15. The summed E-state index contributed by atoms with van der Waals surface area (Å²) in [5, 5.41) is 4.98. The zero-order valence-electron chi connectivity index (χ0n) is 11.8. The van der Waals surface area contributed by atoms with Crippen molar-refractivity contribution in [1.29, 1.82) is 0 Å². The molecule has 0 saturated carbocycles. The van der Waals surface area contributed by atoms with Crippen LogP contribution in [-0.2, 0) is 13.2 Å². The van der Waals surface area contributed by atoms with E-state index in [1.54, 1.807) is 0 Å². The smallest absolute Gasteiger partial charge is 0.126 e. The Labute approximate surface area is 133 Å². The van der Waals surface area contributed by atoms with E-state index in [1.807, 2.05) is 24.3 Å². The van der Waals surface area contributed by atoms with Gasteiger partial charge in [-0.3, -0.25) is 4.90 Å². The summed E-state index contributed by atoms with van der Waals surface area (Å²) in [7, 11) is 0. The molecule has 1 aliphatic heterocycles. The maximum atomic E-state index is 5.87. The minimum Gasteiger partial charge on any atom is -0.488 e. The Bertz CT molecular complexity index is 567. The fourth-order valence-corrected chi connectivity index (χ4v) is 3.15. The number of hydrogen-bond donors (Lipinski definition) is 0. The number of nitrogens with zero attached hydrogens (tertiary/aromatic N) is 3. The Hall–Kier alpha value is -1.17. The van der Waals surface area contributed by atoms with E-state index in [4.69, 9.17) is 16.3 Å². The van der Waals surface area contributed by atoms with Gasteiger partial charge in [0.25, 0.3) is 0 Å². The van der Waals surface area contributed by atoms with Crippen LogP contribution in [0.2, 0.25) is 5.02 Å². The lowest BCUT2D eigenvalue weighted by molar-refractivity contribution is 0.216. The number of likely N-dealkylation sites (tertiary alicyclic amines) is 1. The molecule has 3 rings (SSSR count). The Kier molecular flexibility index (Phi) is 5.06. The first kappa shape index (κ1) is 14.8. The number of rotatable bonds is 5. The molecule has 21 heavy (non-hydrogen) atoms. The maximum absolute atomic E-state index is 5.87. The number of ether oxygens (including phenoxy) is 1. The summed E-state index contributed by atoms with van der Waals surface area (Å²) in [5.74, 6) is 0.816. The molecule has 0 bridgehead atoms. The number of piperidine rings is 1. The van der Waals surface area contributed by atoms with Gasteiger partial charge in [0.1, 0.15) is 12.4 Å². The van der Waals surface area contributed by atoms with E-state index in [1.165, 1.54) is 30.8 Å². The molecule has 2 aromatic rings. The first-order chi connectivity index (χ1) is 10.3. The van der Waals surface area contributed by atoms with Crippen molar-refractivity contribution < 1.29 is 4.74 Å². The van der Waals surface area contributed by atoms with Gasteiger partial charge in [-0.25, -0.2) is 0 Å². The van der Waals surface area contributed by atoms with Crippen LogP contribution in [-0.4, -0.2) is 27.6 Å². The molecule has 1 aliphatic rings. The predicted octanol–water partition coefficient (Wildman–Crippen LogP) is 3.76. The topological polar surface area (TPSA) is 38.3 Å². The zero-order valence-corrected chi connectivity index (χ0v) is 13.4. The highest BCUT2D eigenvalue weighted by Crippen LogP contribution is 2.20. The standard InChI is InChI=1S/C15H18ClN3OS/c16-12-4-6-13(7-5-12)20-11-15-14(17-18-21-15)10-19-8-2-1-3-9-19/h4-7H,1-3,8-11H2. The Balaban J connectivity index is 1.58. The fourth-order valence-electron chi connectivity index (χ4n) is 2.47. The average Bonchev–Trinajstić information content (AvgIpc) is 2.95. The molecule has 1 aromatic heterocycles. The van der Waals surface area contributed by atoms with E-state index in [0.29, 0.717) is 11.6 Å². The SMILES string of the molecule is Clc1ccc(OCc2snnc2CN2CCCCC2)cc1. The van der Waals surface area contributed by atoms with Gasteiger partial charge in [-0.05, 0) is 61.7 Å². The molecule has 0 spiro atoms. The van der Waals surface area contributed by atoms with E-state index < -0.39 is 0 Å². The van der Waals surface area contributed by atoms with Crippen LogP contribution in [0.15, 0.2) is 24.3 Å². The molecular formula is C15H18ClN3OS. The Morgan fingerprint density at radius 2 is 1.90 bits per heavy atom. The highest BCUT2D eigenvalue weighted by molar-refractivity contribution is 7.05. The molecule has 1 aromatic carbocycles. The zero-order chi connectivity index (χ0) is 14.5. The summed E-state index contributed by atoms with van der Waals surface area (Å²) in [6.07, 6.45) is 3.92. The number of hydrogen-bond acceptors (Lipinski definition) is 5. The van der Waals surface area contributed by atoms with Gasteiger partial charge < -0.3 is 4.74 Å². The summed E-state index contributed by atoms with van der Waals surface area (Å²) in [4.78, 5) is 3.56. The molecule has 6 heteroatoms. The number of halogens is 1. The van der Waals surface area contributed by atoms with Crippen molar-refractivity contribution in [1.82, 2.24) is 14.5 Å². The van der Waals surface area contributed by atoms with Crippen molar-refractivity contribution in [2.75, 3.05) is 13.1 Å². The second kappa shape index (κ2) is 7.20. The van der Waals surface area contributed by atoms with Crippen LogP contribution >= 0.6 is 23.1 Å². The number of benzene rings is 1. The first-order valence-electron chi connectivity index (χ1n) is 7.22. The van der Waals surface area contributed by atoms with E-state index in [9.17, 15) is 0 Å². The van der Waals surface area contributed by atoms with Gasteiger partial charge >= 0.3 is 0 Å². The van der Waals surface area contributed by atoms with Crippen LogP contribution in [0.1, 0.15) is 29.8 Å². The quantitative estimate of drug-likeness (QED) is 0.839. The van der Waals surface area contributed by atoms with E-state index in [-0.39, 0.29) is 0 Å². The molecule has 4 nitrogen and oxygen atoms in total. The number of aromatic nitrogens is 2. The lowest BCUT2D eigenvalue weighted by Crippen LogP contribution is -2.29. The molecule has 112 valence electrons. The molecule has 0 atom stereocenters. The third-order valence-corrected chi connectivity index (χ3v) is 4.63. The first-order valence-corrected chi connectivity index (χ1v) is 8.37. The van der Waals surface area contributed by atoms with Crippen molar-refractivity contribution in [3.05, 3.63) is 39.9 Å². The largest absolute Gasteiger partial charge is 0.488 e. The van der Waals surface area contributed by atoms with Crippen molar-refractivity contribution in [3.8, 4) is 5.75 Å². The van der Waals surface area contributed by atoms with E-state index in [0.717, 1.165) is 36.0 Å². The molecule has 1 saturated heterocycles. The summed E-state index contributed by atoms with van der Waals surface area (Å²) < 4.78 is 9.87. The molecule has 0 radical (unpaired) electrons. The third-order valence-electron chi connectivity index (χ3n) is 3.64. The van der Waals surface area contributed by atoms with Gasteiger partial charge in [0.05, 0.1) is 10.6 Å². The second-order valence-electron chi connectivity index (χ2n) is 5.22. The van der Waals surface area contributed by atoms with Crippen molar-refractivity contribution in [2.45, 2.75) is 32.4 Å². The normalized spacial score (nSPS) is 16.0.